The standard InChI is InChI=1S/C18H25N3/c1-4-19-15(2)18-11-10-17(14-20-18)21(3)13-12-16-8-6-5-7-9-16/h5-11,14-15,19H,4,12-13H2,1-3H3. The Bertz CT molecular complexity index is 522. The molecule has 3 heteroatoms. The van der Waals surface area contributed by atoms with Gasteiger partial charge in [0, 0.05) is 19.6 Å². The Morgan fingerprint density at radius 2 is 1.90 bits per heavy atom. The molecule has 0 aliphatic carbocycles. The Morgan fingerprint density at radius 1 is 1.14 bits per heavy atom. The average Bonchev–Trinajstić information content (AvgIpc) is 2.54. The smallest absolute Gasteiger partial charge is 0.0572 e. The molecule has 0 spiro atoms. The molecular formula is C18H25N3. The Morgan fingerprint density at radius 3 is 2.52 bits per heavy atom. The topological polar surface area (TPSA) is 28.2 Å². The number of pyridine rings is 1. The van der Waals surface area contributed by atoms with Crippen LogP contribution in [0, 0.1) is 0 Å². The summed E-state index contributed by atoms with van der Waals surface area (Å²) in [5.41, 5.74) is 3.63. The molecule has 1 aromatic carbocycles. The summed E-state index contributed by atoms with van der Waals surface area (Å²) in [5, 5.41) is 3.38. The van der Waals surface area contributed by atoms with Gasteiger partial charge in [-0.1, -0.05) is 37.3 Å². The van der Waals surface area contributed by atoms with Crippen LogP contribution in [0.15, 0.2) is 48.7 Å². The Hall–Kier alpha value is -1.87. The van der Waals surface area contributed by atoms with Gasteiger partial charge in [-0.2, -0.15) is 0 Å². The van der Waals surface area contributed by atoms with Crippen molar-refractivity contribution >= 4 is 5.69 Å². The van der Waals surface area contributed by atoms with Crippen molar-refractivity contribution in [2.45, 2.75) is 26.3 Å². The van der Waals surface area contributed by atoms with Crippen LogP contribution in [-0.4, -0.2) is 25.1 Å². The van der Waals surface area contributed by atoms with Gasteiger partial charge in [0.25, 0.3) is 0 Å². The van der Waals surface area contributed by atoms with Crippen LogP contribution in [0.2, 0.25) is 0 Å². The van der Waals surface area contributed by atoms with E-state index in [-0.39, 0.29) is 0 Å². The van der Waals surface area contributed by atoms with Gasteiger partial charge in [-0.25, -0.2) is 0 Å². The summed E-state index contributed by atoms with van der Waals surface area (Å²) in [4.78, 5) is 6.82. The second kappa shape index (κ2) is 7.79. The van der Waals surface area contributed by atoms with E-state index < -0.39 is 0 Å². The minimum atomic E-state index is 0.304. The highest BCUT2D eigenvalue weighted by atomic mass is 15.1. The van der Waals surface area contributed by atoms with E-state index in [1.165, 1.54) is 11.3 Å². The lowest BCUT2D eigenvalue weighted by atomic mass is 10.1. The molecule has 1 unspecified atom stereocenters. The van der Waals surface area contributed by atoms with Crippen molar-refractivity contribution in [1.29, 1.82) is 0 Å². The second-order valence-electron chi connectivity index (χ2n) is 5.38. The first kappa shape index (κ1) is 15.5. The normalized spacial score (nSPS) is 12.1. The van der Waals surface area contributed by atoms with Crippen LogP contribution in [0.25, 0.3) is 0 Å². The molecule has 0 amide bonds. The minimum Gasteiger partial charge on any atom is -0.373 e. The summed E-state index contributed by atoms with van der Waals surface area (Å²) in [5.74, 6) is 0. The van der Waals surface area contributed by atoms with E-state index in [1.807, 2.05) is 6.20 Å². The molecule has 0 fully saturated rings. The fraction of sp³-hybridized carbons (Fsp3) is 0.389. The Kier molecular flexibility index (Phi) is 5.76. The van der Waals surface area contributed by atoms with Gasteiger partial charge in [0.05, 0.1) is 17.6 Å². The molecule has 1 N–H and O–H groups in total. The van der Waals surface area contributed by atoms with E-state index in [1.54, 1.807) is 0 Å². The number of aromatic nitrogens is 1. The molecule has 0 saturated carbocycles. The van der Waals surface area contributed by atoms with Crippen LogP contribution in [0.5, 0.6) is 0 Å². The van der Waals surface area contributed by atoms with Crippen molar-refractivity contribution in [3.63, 3.8) is 0 Å². The van der Waals surface area contributed by atoms with Gasteiger partial charge in [-0.15, -0.1) is 0 Å². The van der Waals surface area contributed by atoms with Gasteiger partial charge in [-0.05, 0) is 37.6 Å². The molecular weight excluding hydrogens is 258 g/mol. The monoisotopic (exact) mass is 283 g/mol. The SMILES string of the molecule is CCNC(C)c1ccc(N(C)CCc2ccccc2)cn1. The zero-order valence-electron chi connectivity index (χ0n) is 13.2. The molecule has 1 heterocycles. The van der Waals surface area contributed by atoms with Gasteiger partial charge in [0.15, 0.2) is 0 Å². The highest BCUT2D eigenvalue weighted by Crippen LogP contribution is 2.15. The van der Waals surface area contributed by atoms with Crippen molar-refractivity contribution in [1.82, 2.24) is 10.3 Å². The third-order valence-electron chi connectivity index (χ3n) is 3.74. The fourth-order valence-corrected chi connectivity index (χ4v) is 2.36. The fourth-order valence-electron chi connectivity index (χ4n) is 2.36. The molecule has 0 saturated heterocycles. The number of anilines is 1. The summed E-state index contributed by atoms with van der Waals surface area (Å²) in [6.07, 6.45) is 3.01. The zero-order valence-corrected chi connectivity index (χ0v) is 13.2. The number of nitrogens with one attached hydrogen (secondary N) is 1. The van der Waals surface area contributed by atoms with Crippen LogP contribution in [-0.2, 0) is 6.42 Å². The maximum Gasteiger partial charge on any atom is 0.0572 e. The van der Waals surface area contributed by atoms with Crippen LogP contribution in [0.4, 0.5) is 5.69 Å². The molecule has 1 atom stereocenters. The third kappa shape index (κ3) is 4.57. The van der Waals surface area contributed by atoms with Gasteiger partial charge >= 0.3 is 0 Å². The van der Waals surface area contributed by atoms with Gasteiger partial charge < -0.3 is 10.2 Å². The maximum atomic E-state index is 4.57. The van der Waals surface area contributed by atoms with Gasteiger partial charge in [0.1, 0.15) is 0 Å². The molecule has 21 heavy (non-hydrogen) atoms. The molecule has 1 aromatic heterocycles. The van der Waals surface area contributed by atoms with Crippen molar-refractivity contribution in [3.05, 3.63) is 59.9 Å². The van der Waals surface area contributed by atoms with E-state index in [9.17, 15) is 0 Å². The van der Waals surface area contributed by atoms with E-state index in [2.05, 4.69) is 78.6 Å². The molecule has 2 aromatic rings. The predicted molar refractivity (Wildman–Crippen MR) is 89.7 cm³/mol. The minimum absolute atomic E-state index is 0.304. The Balaban J connectivity index is 1.92. The first-order chi connectivity index (χ1) is 10.2. The Labute approximate surface area is 128 Å². The summed E-state index contributed by atoms with van der Waals surface area (Å²) < 4.78 is 0. The van der Waals surface area contributed by atoms with Gasteiger partial charge in [-0.3, -0.25) is 4.98 Å². The van der Waals surface area contributed by atoms with Crippen LogP contribution >= 0.6 is 0 Å². The number of benzene rings is 1. The maximum absolute atomic E-state index is 4.57. The first-order valence-corrected chi connectivity index (χ1v) is 7.65. The quantitative estimate of drug-likeness (QED) is 0.844. The summed E-state index contributed by atoms with van der Waals surface area (Å²) >= 11 is 0. The lowest BCUT2D eigenvalue weighted by Gasteiger charge is -2.20. The average molecular weight is 283 g/mol. The third-order valence-corrected chi connectivity index (χ3v) is 3.74. The second-order valence-corrected chi connectivity index (χ2v) is 5.38. The molecule has 0 aliphatic heterocycles. The highest BCUT2D eigenvalue weighted by molar-refractivity contribution is 5.44. The van der Waals surface area contributed by atoms with E-state index in [4.69, 9.17) is 0 Å². The van der Waals surface area contributed by atoms with Gasteiger partial charge in [0.2, 0.25) is 0 Å². The number of likely N-dealkylation sites (N-methyl/N-ethyl adjacent to an activating group) is 1. The van der Waals surface area contributed by atoms with Crippen molar-refractivity contribution in [2.24, 2.45) is 0 Å². The largest absolute Gasteiger partial charge is 0.373 e. The van der Waals surface area contributed by atoms with Crippen LogP contribution in [0.1, 0.15) is 31.1 Å². The summed E-state index contributed by atoms with van der Waals surface area (Å²) in [7, 11) is 2.12. The van der Waals surface area contributed by atoms with Crippen LogP contribution < -0.4 is 10.2 Å². The van der Waals surface area contributed by atoms with Crippen LogP contribution in [0.3, 0.4) is 0 Å². The number of hydrogen-bond donors (Lipinski definition) is 1. The number of rotatable bonds is 7. The lowest BCUT2D eigenvalue weighted by molar-refractivity contribution is 0.583. The van der Waals surface area contributed by atoms with Crippen molar-refractivity contribution in [2.75, 3.05) is 25.0 Å². The van der Waals surface area contributed by atoms with Crippen molar-refractivity contribution in [3.8, 4) is 0 Å². The van der Waals surface area contributed by atoms with Crippen molar-refractivity contribution < 1.29 is 0 Å². The molecule has 0 radical (unpaired) electrons. The van der Waals surface area contributed by atoms with E-state index >= 15 is 0 Å². The summed E-state index contributed by atoms with van der Waals surface area (Å²) in [6, 6.07) is 15.2. The summed E-state index contributed by atoms with van der Waals surface area (Å²) in [6.45, 7) is 6.21. The molecule has 2 rings (SSSR count). The van der Waals surface area contributed by atoms with E-state index in [0.29, 0.717) is 6.04 Å². The highest BCUT2D eigenvalue weighted by Gasteiger charge is 2.06. The number of hydrogen-bond acceptors (Lipinski definition) is 3. The molecule has 0 aliphatic rings. The predicted octanol–water partition coefficient (Wildman–Crippen LogP) is 3.43. The first-order valence-electron chi connectivity index (χ1n) is 7.65. The van der Waals surface area contributed by atoms with E-state index in [0.717, 1.165) is 25.2 Å². The molecule has 0 bridgehead atoms. The lowest BCUT2D eigenvalue weighted by Crippen LogP contribution is -2.21. The zero-order chi connectivity index (χ0) is 15.1. The molecule has 112 valence electrons. The number of nitrogens with zero attached hydrogens (tertiary/aromatic N) is 2. The molecule has 3 nitrogen and oxygen atoms in total.